The molecule has 0 spiro atoms. The molecule has 0 heterocycles. The molecule has 0 aliphatic rings. The highest BCUT2D eigenvalue weighted by Gasteiger charge is 1.98. The number of ether oxygens (including phenoxy) is 1. The number of nitrogens with two attached hydrogens (primary N) is 1. The van der Waals surface area contributed by atoms with E-state index < -0.39 is 0 Å². The summed E-state index contributed by atoms with van der Waals surface area (Å²) in [5, 5.41) is 0. The van der Waals surface area contributed by atoms with Crippen molar-refractivity contribution in [1.82, 2.24) is 0 Å². The Morgan fingerprint density at radius 2 is 2.07 bits per heavy atom. The monoisotopic (exact) mass is 209 g/mol. The molecule has 1 aromatic rings. The van der Waals surface area contributed by atoms with Gasteiger partial charge in [-0.3, -0.25) is 4.79 Å². The molecule has 2 N–H and O–H groups in total. The van der Waals surface area contributed by atoms with Crippen molar-refractivity contribution >= 4 is 6.29 Å². The molecule has 0 saturated carbocycles. The second-order valence-corrected chi connectivity index (χ2v) is 2.95. The first-order valence-electron chi connectivity index (χ1n) is 4.46. The number of halogens is 1. The van der Waals surface area contributed by atoms with Crippen molar-refractivity contribution in [2.75, 3.05) is 13.2 Å². The zero-order chi connectivity index (χ0) is 11.1. The summed E-state index contributed by atoms with van der Waals surface area (Å²) in [6.07, 6.45) is 1.19. The Morgan fingerprint density at radius 3 is 2.53 bits per heavy atom. The number of hydrogen-bond acceptors (Lipinski definition) is 3. The Labute approximate surface area is 87.3 Å². The third-order valence-corrected chi connectivity index (χ3v) is 1.86. The zero-order valence-corrected chi connectivity index (χ0v) is 8.15. The Bertz CT molecular complexity index is 346. The highest BCUT2D eigenvalue weighted by molar-refractivity contribution is 5.74. The fourth-order valence-corrected chi connectivity index (χ4v) is 0.954. The molecule has 4 heteroatoms. The van der Waals surface area contributed by atoms with Crippen LogP contribution in [0.2, 0.25) is 0 Å². The summed E-state index contributed by atoms with van der Waals surface area (Å²) in [6.45, 7) is 0.246. The van der Waals surface area contributed by atoms with Crippen molar-refractivity contribution in [3.8, 4) is 5.75 Å². The average molecular weight is 209 g/mol. The third-order valence-electron chi connectivity index (χ3n) is 1.86. The third kappa shape index (κ3) is 3.52. The molecule has 0 aromatic heterocycles. The molecule has 0 amide bonds. The van der Waals surface area contributed by atoms with E-state index in [1.807, 2.05) is 0 Å². The lowest BCUT2D eigenvalue weighted by Gasteiger charge is -2.06. The smallest absolute Gasteiger partial charge is 0.150 e. The number of carbonyl (C=O) groups is 1. The van der Waals surface area contributed by atoms with Crippen LogP contribution in [0.4, 0.5) is 4.39 Å². The molecule has 0 fully saturated rings. The van der Waals surface area contributed by atoms with Gasteiger partial charge in [0, 0.05) is 17.7 Å². The fourth-order valence-electron chi connectivity index (χ4n) is 0.954. The van der Waals surface area contributed by atoms with Crippen LogP contribution in [-0.4, -0.2) is 19.4 Å². The average Bonchev–Trinajstić information content (AvgIpc) is 2.31. The van der Waals surface area contributed by atoms with E-state index in [1.54, 1.807) is 24.3 Å². The molecular formula is C11H12FNO2. The molecule has 0 unspecified atom stereocenters. The Morgan fingerprint density at radius 1 is 1.40 bits per heavy atom. The van der Waals surface area contributed by atoms with E-state index in [0.29, 0.717) is 23.2 Å². The van der Waals surface area contributed by atoms with Gasteiger partial charge in [0.25, 0.3) is 0 Å². The minimum atomic E-state index is 0.118. The van der Waals surface area contributed by atoms with E-state index in [9.17, 15) is 9.18 Å². The summed E-state index contributed by atoms with van der Waals surface area (Å²) >= 11 is 0. The van der Waals surface area contributed by atoms with Gasteiger partial charge in [0.2, 0.25) is 0 Å². The first-order valence-corrected chi connectivity index (χ1v) is 4.46. The van der Waals surface area contributed by atoms with Crippen LogP contribution in [0.25, 0.3) is 0 Å². The molecule has 0 radical (unpaired) electrons. The first kappa shape index (κ1) is 11.4. The predicted octanol–water partition coefficient (Wildman–Crippen LogP) is 1.69. The number of aldehydes is 1. The molecular weight excluding hydrogens is 197 g/mol. The van der Waals surface area contributed by atoms with Gasteiger partial charge in [-0.15, -0.1) is 0 Å². The van der Waals surface area contributed by atoms with Crippen molar-refractivity contribution in [2.45, 2.75) is 0 Å². The van der Waals surface area contributed by atoms with Gasteiger partial charge in [0.15, 0.2) is 0 Å². The lowest BCUT2D eigenvalue weighted by molar-refractivity contribution is 0.112. The normalized spacial score (nSPS) is 11.2. The van der Waals surface area contributed by atoms with Gasteiger partial charge < -0.3 is 10.5 Å². The number of hydrogen-bond donors (Lipinski definition) is 1. The maximum Gasteiger partial charge on any atom is 0.150 e. The van der Waals surface area contributed by atoms with E-state index in [2.05, 4.69) is 0 Å². The van der Waals surface area contributed by atoms with Gasteiger partial charge in [0.1, 0.15) is 18.6 Å². The van der Waals surface area contributed by atoms with Crippen LogP contribution < -0.4 is 10.5 Å². The maximum atomic E-state index is 12.1. The van der Waals surface area contributed by atoms with E-state index in [1.165, 1.54) is 0 Å². The molecule has 1 aromatic carbocycles. The van der Waals surface area contributed by atoms with E-state index in [4.69, 9.17) is 10.5 Å². The van der Waals surface area contributed by atoms with Gasteiger partial charge in [-0.25, -0.2) is 4.39 Å². The highest BCUT2D eigenvalue weighted by Crippen LogP contribution is 2.11. The molecule has 80 valence electrons. The molecule has 0 atom stereocenters. The van der Waals surface area contributed by atoms with Crippen molar-refractivity contribution in [3.05, 3.63) is 41.7 Å². The zero-order valence-electron chi connectivity index (χ0n) is 8.15. The van der Waals surface area contributed by atoms with Gasteiger partial charge >= 0.3 is 0 Å². The summed E-state index contributed by atoms with van der Waals surface area (Å²) in [5.74, 6) is 0.577. The number of benzene rings is 1. The quantitative estimate of drug-likeness (QED) is 0.751. The molecule has 0 aliphatic heterocycles. The van der Waals surface area contributed by atoms with Crippen LogP contribution in [0.3, 0.4) is 0 Å². The van der Waals surface area contributed by atoms with Crippen LogP contribution >= 0.6 is 0 Å². The SMILES string of the molecule is NC/C(=C\F)COc1ccc(C=O)cc1. The van der Waals surface area contributed by atoms with Crippen molar-refractivity contribution in [2.24, 2.45) is 5.73 Å². The molecule has 0 saturated heterocycles. The minimum absolute atomic E-state index is 0.118. The van der Waals surface area contributed by atoms with Gasteiger partial charge in [-0.2, -0.15) is 0 Å². The van der Waals surface area contributed by atoms with Crippen LogP contribution in [0.1, 0.15) is 10.4 Å². The lowest BCUT2D eigenvalue weighted by atomic mass is 10.2. The number of rotatable bonds is 5. The minimum Gasteiger partial charge on any atom is -0.489 e. The second-order valence-electron chi connectivity index (χ2n) is 2.95. The lowest BCUT2D eigenvalue weighted by Crippen LogP contribution is -2.10. The largest absolute Gasteiger partial charge is 0.489 e. The number of carbonyl (C=O) groups excluding carboxylic acids is 1. The summed E-state index contributed by atoms with van der Waals surface area (Å²) in [5.41, 5.74) is 6.21. The maximum absolute atomic E-state index is 12.1. The van der Waals surface area contributed by atoms with Crippen molar-refractivity contribution in [1.29, 1.82) is 0 Å². The molecule has 15 heavy (non-hydrogen) atoms. The Hall–Kier alpha value is -1.68. The van der Waals surface area contributed by atoms with Crippen LogP contribution in [0.15, 0.2) is 36.2 Å². The molecule has 3 nitrogen and oxygen atoms in total. The first-order chi connectivity index (χ1) is 7.30. The van der Waals surface area contributed by atoms with Crippen LogP contribution in [0.5, 0.6) is 5.75 Å². The van der Waals surface area contributed by atoms with E-state index in [0.717, 1.165) is 6.29 Å². The fraction of sp³-hybridized carbons (Fsp3) is 0.182. The van der Waals surface area contributed by atoms with Crippen LogP contribution in [-0.2, 0) is 0 Å². The van der Waals surface area contributed by atoms with Gasteiger partial charge in [-0.1, -0.05) is 0 Å². The second kappa shape index (κ2) is 5.93. The van der Waals surface area contributed by atoms with E-state index in [-0.39, 0.29) is 13.2 Å². The molecule has 1 rings (SSSR count). The highest BCUT2D eigenvalue weighted by atomic mass is 19.1. The topological polar surface area (TPSA) is 52.3 Å². The summed E-state index contributed by atoms with van der Waals surface area (Å²) in [4.78, 5) is 10.4. The Kier molecular flexibility index (Phi) is 4.50. The standard InChI is InChI=1S/C11H12FNO2/c12-5-10(6-13)8-15-11-3-1-9(7-14)2-4-11/h1-5,7H,6,8,13H2/b10-5+. The van der Waals surface area contributed by atoms with Crippen molar-refractivity contribution < 1.29 is 13.9 Å². The van der Waals surface area contributed by atoms with Crippen molar-refractivity contribution in [3.63, 3.8) is 0 Å². The molecule has 0 bridgehead atoms. The summed E-state index contributed by atoms with van der Waals surface area (Å²) in [7, 11) is 0. The van der Waals surface area contributed by atoms with Crippen LogP contribution in [0, 0.1) is 0 Å². The predicted molar refractivity (Wildman–Crippen MR) is 55.6 cm³/mol. The van der Waals surface area contributed by atoms with Gasteiger partial charge in [-0.05, 0) is 24.3 Å². The van der Waals surface area contributed by atoms with Gasteiger partial charge in [0.05, 0.1) is 6.33 Å². The molecule has 0 aliphatic carbocycles. The summed E-state index contributed by atoms with van der Waals surface area (Å²) < 4.78 is 17.4. The summed E-state index contributed by atoms with van der Waals surface area (Å²) in [6, 6.07) is 6.55. The van der Waals surface area contributed by atoms with E-state index >= 15 is 0 Å². The Balaban J connectivity index is 2.54.